The summed E-state index contributed by atoms with van der Waals surface area (Å²) in [6, 6.07) is 0.491. The summed E-state index contributed by atoms with van der Waals surface area (Å²) in [6.45, 7) is 0.0621. The third-order valence-corrected chi connectivity index (χ3v) is 4.65. The minimum Gasteiger partial charge on any atom is -0.394 e. The number of fused-ring (bicyclic) bond motifs is 1. The lowest BCUT2D eigenvalue weighted by Crippen LogP contribution is -2.16. The molecule has 3 heterocycles. The highest BCUT2D eigenvalue weighted by Crippen LogP contribution is 2.31. The molecular weight excluding hydrogens is 282 g/mol. The normalized spacial score (nSPS) is 26.0. The zero-order valence-corrected chi connectivity index (χ0v) is 12.5. The number of hydrogen-bond donors (Lipinski definition) is 2. The van der Waals surface area contributed by atoms with Gasteiger partial charge in [0.1, 0.15) is 12.6 Å². The van der Waals surface area contributed by atoms with Gasteiger partial charge in [-0.05, 0) is 25.7 Å². The maximum absolute atomic E-state index is 9.21. The largest absolute Gasteiger partial charge is 0.394 e. The molecule has 1 saturated heterocycles. The van der Waals surface area contributed by atoms with E-state index in [2.05, 4.69) is 20.3 Å². The van der Waals surface area contributed by atoms with E-state index in [-0.39, 0.29) is 18.9 Å². The van der Waals surface area contributed by atoms with Crippen LogP contribution in [0.25, 0.3) is 11.2 Å². The number of rotatable bonds is 4. The van der Waals surface area contributed by atoms with Gasteiger partial charge in [0, 0.05) is 6.04 Å². The number of hydrogen-bond acceptors (Lipinski definition) is 6. The fraction of sp³-hybridized carbons (Fsp3) is 0.667. The fourth-order valence-electron chi connectivity index (χ4n) is 3.46. The van der Waals surface area contributed by atoms with Crippen molar-refractivity contribution in [1.29, 1.82) is 0 Å². The molecule has 7 heteroatoms. The maximum Gasteiger partial charge on any atom is 0.167 e. The van der Waals surface area contributed by atoms with Gasteiger partial charge in [-0.2, -0.15) is 0 Å². The Morgan fingerprint density at radius 1 is 1.18 bits per heavy atom. The Hall–Kier alpha value is -1.73. The van der Waals surface area contributed by atoms with Crippen molar-refractivity contribution >= 4 is 17.0 Å². The molecule has 2 aromatic heterocycles. The standard InChI is InChI=1S/C15H21N5O2/c21-7-11-5-6-12(22-11)20-9-18-13-14(16-8-17-15(13)20)19-10-3-1-2-4-10/h8-12,21H,1-7H2,(H,16,17,19). The SMILES string of the molecule is OCC1CCC(n2cnc3c(NC4CCCC4)ncnc32)O1. The summed E-state index contributed by atoms with van der Waals surface area (Å²) >= 11 is 0. The molecule has 2 aliphatic rings. The molecule has 2 N–H and O–H groups in total. The summed E-state index contributed by atoms with van der Waals surface area (Å²) in [6.07, 6.45) is 9.83. The van der Waals surface area contributed by atoms with Crippen molar-refractivity contribution in [3.05, 3.63) is 12.7 Å². The van der Waals surface area contributed by atoms with Crippen molar-refractivity contribution < 1.29 is 9.84 Å². The number of aromatic nitrogens is 4. The monoisotopic (exact) mass is 303 g/mol. The predicted molar refractivity (Wildman–Crippen MR) is 81.4 cm³/mol. The zero-order chi connectivity index (χ0) is 14.9. The lowest BCUT2D eigenvalue weighted by atomic mass is 10.2. The predicted octanol–water partition coefficient (Wildman–Crippen LogP) is 1.85. The highest BCUT2D eigenvalue weighted by Gasteiger charge is 2.28. The van der Waals surface area contributed by atoms with Crippen LogP contribution >= 0.6 is 0 Å². The highest BCUT2D eigenvalue weighted by molar-refractivity contribution is 5.82. The zero-order valence-electron chi connectivity index (χ0n) is 12.5. The van der Waals surface area contributed by atoms with Crippen molar-refractivity contribution in [3.63, 3.8) is 0 Å². The van der Waals surface area contributed by atoms with Crippen molar-refractivity contribution in [2.45, 2.75) is 56.9 Å². The van der Waals surface area contributed by atoms with Crippen molar-refractivity contribution in [1.82, 2.24) is 19.5 Å². The smallest absolute Gasteiger partial charge is 0.167 e. The molecule has 4 rings (SSSR count). The van der Waals surface area contributed by atoms with Crippen LogP contribution in [0.15, 0.2) is 12.7 Å². The molecule has 2 fully saturated rings. The molecule has 118 valence electrons. The molecule has 1 aliphatic heterocycles. The summed E-state index contributed by atoms with van der Waals surface area (Å²) in [4.78, 5) is 13.2. The molecule has 0 bridgehead atoms. The van der Waals surface area contributed by atoms with E-state index in [9.17, 15) is 5.11 Å². The Balaban J connectivity index is 1.62. The lowest BCUT2D eigenvalue weighted by Gasteiger charge is -2.15. The van der Waals surface area contributed by atoms with Crippen LogP contribution in [0.5, 0.6) is 0 Å². The van der Waals surface area contributed by atoms with E-state index in [1.165, 1.54) is 25.7 Å². The number of nitrogens with one attached hydrogen (secondary N) is 1. The van der Waals surface area contributed by atoms with Crippen molar-refractivity contribution in [3.8, 4) is 0 Å². The molecule has 2 aromatic rings. The first kappa shape index (κ1) is 13.9. The molecule has 0 spiro atoms. The number of anilines is 1. The molecule has 7 nitrogen and oxygen atoms in total. The summed E-state index contributed by atoms with van der Waals surface area (Å²) < 4.78 is 7.78. The minimum absolute atomic E-state index is 0.0621. The van der Waals surface area contributed by atoms with Crippen LogP contribution in [0.2, 0.25) is 0 Å². The summed E-state index contributed by atoms with van der Waals surface area (Å²) in [5, 5.41) is 12.7. The van der Waals surface area contributed by atoms with E-state index in [0.717, 1.165) is 29.8 Å². The van der Waals surface area contributed by atoms with Crippen LogP contribution in [0.1, 0.15) is 44.8 Å². The third-order valence-electron chi connectivity index (χ3n) is 4.65. The van der Waals surface area contributed by atoms with Gasteiger partial charge in [-0.1, -0.05) is 12.8 Å². The maximum atomic E-state index is 9.21. The van der Waals surface area contributed by atoms with E-state index in [1.54, 1.807) is 12.7 Å². The first-order chi connectivity index (χ1) is 10.8. The number of aliphatic hydroxyl groups excluding tert-OH is 1. The van der Waals surface area contributed by atoms with Gasteiger partial charge < -0.3 is 15.2 Å². The average molecular weight is 303 g/mol. The number of nitrogens with zero attached hydrogens (tertiary/aromatic N) is 4. The van der Waals surface area contributed by atoms with Crippen LogP contribution in [0.4, 0.5) is 5.82 Å². The van der Waals surface area contributed by atoms with Gasteiger partial charge in [0.15, 0.2) is 17.0 Å². The number of ether oxygens (including phenoxy) is 1. The molecule has 22 heavy (non-hydrogen) atoms. The molecule has 1 aliphatic carbocycles. The van der Waals surface area contributed by atoms with Gasteiger partial charge in [0.25, 0.3) is 0 Å². The van der Waals surface area contributed by atoms with Crippen LogP contribution < -0.4 is 5.32 Å². The molecule has 2 unspecified atom stereocenters. The second-order valence-corrected chi connectivity index (χ2v) is 6.14. The second-order valence-electron chi connectivity index (χ2n) is 6.14. The number of aliphatic hydroxyl groups is 1. The molecule has 0 amide bonds. The Morgan fingerprint density at radius 2 is 2.05 bits per heavy atom. The Morgan fingerprint density at radius 3 is 2.82 bits per heavy atom. The fourth-order valence-corrected chi connectivity index (χ4v) is 3.46. The summed E-state index contributed by atoms with van der Waals surface area (Å²) in [5.41, 5.74) is 1.59. The summed E-state index contributed by atoms with van der Waals surface area (Å²) in [5.74, 6) is 0.812. The quantitative estimate of drug-likeness (QED) is 0.896. The molecule has 0 aromatic carbocycles. The first-order valence-corrected chi connectivity index (χ1v) is 8.05. The van der Waals surface area contributed by atoms with Crippen LogP contribution in [-0.2, 0) is 4.74 Å². The Labute approximate surface area is 128 Å². The lowest BCUT2D eigenvalue weighted by molar-refractivity contribution is -0.0207. The van der Waals surface area contributed by atoms with Gasteiger partial charge in [0.05, 0.1) is 19.0 Å². The topological polar surface area (TPSA) is 85.1 Å². The van der Waals surface area contributed by atoms with Gasteiger partial charge in [-0.15, -0.1) is 0 Å². The molecule has 2 atom stereocenters. The average Bonchev–Trinajstić information content (AvgIpc) is 3.27. The second kappa shape index (κ2) is 5.81. The van der Waals surface area contributed by atoms with Gasteiger partial charge in [-0.25, -0.2) is 15.0 Å². The Kier molecular flexibility index (Phi) is 3.67. The van der Waals surface area contributed by atoms with Gasteiger partial charge >= 0.3 is 0 Å². The van der Waals surface area contributed by atoms with Crippen LogP contribution in [0, 0.1) is 0 Å². The van der Waals surface area contributed by atoms with Crippen LogP contribution in [-0.4, -0.2) is 43.4 Å². The van der Waals surface area contributed by atoms with Crippen molar-refractivity contribution in [2.75, 3.05) is 11.9 Å². The third kappa shape index (κ3) is 2.44. The van der Waals surface area contributed by atoms with E-state index in [1.807, 2.05) is 4.57 Å². The first-order valence-electron chi connectivity index (χ1n) is 8.05. The minimum atomic E-state index is -0.101. The van der Waals surface area contributed by atoms with E-state index in [0.29, 0.717) is 6.04 Å². The molecule has 0 radical (unpaired) electrons. The Bertz CT molecular complexity index is 652. The van der Waals surface area contributed by atoms with E-state index < -0.39 is 0 Å². The van der Waals surface area contributed by atoms with Crippen molar-refractivity contribution in [2.24, 2.45) is 0 Å². The molecule has 1 saturated carbocycles. The van der Waals surface area contributed by atoms with E-state index >= 15 is 0 Å². The van der Waals surface area contributed by atoms with Gasteiger partial charge in [-0.3, -0.25) is 4.57 Å². The van der Waals surface area contributed by atoms with Crippen LogP contribution in [0.3, 0.4) is 0 Å². The van der Waals surface area contributed by atoms with E-state index in [4.69, 9.17) is 4.74 Å². The highest BCUT2D eigenvalue weighted by atomic mass is 16.5. The van der Waals surface area contributed by atoms with Gasteiger partial charge in [0.2, 0.25) is 0 Å². The summed E-state index contributed by atoms with van der Waals surface area (Å²) in [7, 11) is 0. The number of imidazole rings is 1. The molecular formula is C15H21N5O2.